The maximum Gasteiger partial charge on any atom is 0.410 e. The number of H-pyrrole nitrogens is 1. The van der Waals surface area contributed by atoms with Crippen molar-refractivity contribution in [1.82, 2.24) is 30.2 Å². The summed E-state index contributed by atoms with van der Waals surface area (Å²) in [6.45, 7) is 7.91. The molecular weight excluding hydrogens is 546 g/mol. The van der Waals surface area contributed by atoms with Crippen molar-refractivity contribution < 1.29 is 14.3 Å². The van der Waals surface area contributed by atoms with E-state index in [-0.39, 0.29) is 24.4 Å². The number of carbonyl (C=O) groups excluding carboxylic acids is 2. The Hall–Kier alpha value is -4.97. The summed E-state index contributed by atoms with van der Waals surface area (Å²) in [5.74, 6) is 1.23. The molecular formula is C31H35N9O3. The smallest absolute Gasteiger partial charge is 0.410 e. The van der Waals surface area contributed by atoms with E-state index in [2.05, 4.69) is 40.4 Å². The molecule has 2 fully saturated rings. The van der Waals surface area contributed by atoms with Gasteiger partial charge in [-0.05, 0) is 24.6 Å². The number of imidazole rings is 1. The average Bonchev–Trinajstić information content (AvgIpc) is 3.56. The number of aromatic amines is 1. The topological polar surface area (TPSA) is 132 Å². The fourth-order valence-electron chi connectivity index (χ4n) is 5.29. The molecule has 0 atom stereocenters. The van der Waals surface area contributed by atoms with E-state index in [1.165, 1.54) is 0 Å². The zero-order valence-corrected chi connectivity index (χ0v) is 24.1. The van der Waals surface area contributed by atoms with Crippen molar-refractivity contribution in [3.63, 3.8) is 0 Å². The highest BCUT2D eigenvalue weighted by Crippen LogP contribution is 2.27. The van der Waals surface area contributed by atoms with Crippen LogP contribution in [-0.4, -0.2) is 89.2 Å². The zero-order chi connectivity index (χ0) is 29.6. The molecule has 0 spiro atoms. The lowest BCUT2D eigenvalue weighted by atomic mass is 10.2. The molecule has 12 heteroatoms. The summed E-state index contributed by atoms with van der Waals surface area (Å²) in [4.78, 5) is 48.6. The van der Waals surface area contributed by atoms with E-state index < -0.39 is 0 Å². The van der Waals surface area contributed by atoms with Gasteiger partial charge in [-0.25, -0.2) is 19.7 Å². The molecule has 0 saturated carbocycles. The zero-order valence-electron chi connectivity index (χ0n) is 24.1. The molecule has 0 aliphatic carbocycles. The van der Waals surface area contributed by atoms with E-state index in [0.29, 0.717) is 43.4 Å². The van der Waals surface area contributed by atoms with Gasteiger partial charge in [-0.2, -0.15) is 0 Å². The number of carbonyl (C=O) groups is 2. The molecule has 43 heavy (non-hydrogen) atoms. The summed E-state index contributed by atoms with van der Waals surface area (Å²) in [5, 5.41) is 6.37. The Morgan fingerprint density at radius 2 is 1.65 bits per heavy atom. The summed E-state index contributed by atoms with van der Waals surface area (Å²) < 4.78 is 5.50. The minimum absolute atomic E-state index is 0.200. The van der Waals surface area contributed by atoms with Gasteiger partial charge < -0.3 is 35.1 Å². The van der Waals surface area contributed by atoms with Gasteiger partial charge in [-0.1, -0.05) is 42.5 Å². The summed E-state index contributed by atoms with van der Waals surface area (Å²) >= 11 is 0. The molecule has 2 saturated heterocycles. The Bertz CT molecular complexity index is 1560. The van der Waals surface area contributed by atoms with Gasteiger partial charge in [0.1, 0.15) is 18.2 Å². The molecule has 4 heterocycles. The molecule has 2 aromatic carbocycles. The number of ether oxygens (including phenoxy) is 1. The molecule has 0 unspecified atom stereocenters. The van der Waals surface area contributed by atoms with E-state index in [9.17, 15) is 9.59 Å². The molecule has 2 aliphatic heterocycles. The average molecular weight is 582 g/mol. The fourth-order valence-corrected chi connectivity index (χ4v) is 5.29. The maximum absolute atomic E-state index is 13.2. The number of hydrogen-bond acceptors (Lipinski definition) is 9. The Morgan fingerprint density at radius 3 is 2.44 bits per heavy atom. The maximum atomic E-state index is 13.2. The predicted octanol–water partition coefficient (Wildman–Crippen LogP) is 3.30. The van der Waals surface area contributed by atoms with Gasteiger partial charge in [0.2, 0.25) is 0 Å². The Kier molecular flexibility index (Phi) is 8.45. The molecule has 222 valence electrons. The third kappa shape index (κ3) is 6.75. The number of nitrogens with zero attached hydrogens (tertiary/aromatic N) is 6. The number of aryl methyl sites for hydroxylation is 1. The standard InChI is InChI=1S/C31H35N9O3/c1-22-34-25(19-28(35-22)39-15-17-40(18-16-39)31(42)43-21-23-7-3-2-4-8-23)26-20-33-29(36-26)30(41)37-24-9-5-6-10-27(24)38-13-11-32-12-14-38/h2-10,19-20,32H,11-18,21H2,1H3,(H,33,36)(H,37,41). The van der Waals surface area contributed by atoms with Gasteiger partial charge >= 0.3 is 6.09 Å². The number of benzene rings is 2. The number of hydrogen-bond donors (Lipinski definition) is 3. The molecule has 2 aromatic heterocycles. The molecule has 12 nitrogen and oxygen atoms in total. The van der Waals surface area contributed by atoms with Crippen LogP contribution in [0.5, 0.6) is 0 Å². The Labute approximate surface area is 250 Å². The number of anilines is 3. The second-order valence-corrected chi connectivity index (χ2v) is 10.5. The summed E-state index contributed by atoms with van der Waals surface area (Å²) in [6, 6.07) is 19.3. The van der Waals surface area contributed by atoms with Crippen molar-refractivity contribution in [1.29, 1.82) is 0 Å². The van der Waals surface area contributed by atoms with Crippen LogP contribution < -0.4 is 20.4 Å². The Morgan fingerprint density at radius 1 is 0.907 bits per heavy atom. The highest BCUT2D eigenvalue weighted by Gasteiger charge is 2.24. The van der Waals surface area contributed by atoms with Gasteiger partial charge in [0.05, 0.1) is 29.0 Å². The first-order valence-electron chi connectivity index (χ1n) is 14.5. The van der Waals surface area contributed by atoms with Crippen LogP contribution in [0.4, 0.5) is 22.0 Å². The van der Waals surface area contributed by atoms with Crippen LogP contribution in [0.1, 0.15) is 22.0 Å². The summed E-state index contributed by atoms with van der Waals surface area (Å²) in [6.07, 6.45) is 1.30. The molecule has 6 rings (SSSR count). The van der Waals surface area contributed by atoms with E-state index >= 15 is 0 Å². The first-order chi connectivity index (χ1) is 21.0. The van der Waals surface area contributed by atoms with Crippen LogP contribution >= 0.6 is 0 Å². The SMILES string of the molecule is Cc1nc(-c2cnc(C(=O)Nc3ccccc3N3CCNCC3)[nH]2)cc(N2CCN(C(=O)OCc3ccccc3)CC2)n1. The molecule has 2 aliphatic rings. The largest absolute Gasteiger partial charge is 0.445 e. The van der Waals surface area contributed by atoms with Crippen molar-refractivity contribution in [2.75, 3.05) is 67.5 Å². The summed E-state index contributed by atoms with van der Waals surface area (Å²) in [7, 11) is 0. The number of nitrogens with one attached hydrogen (secondary N) is 3. The molecule has 0 bridgehead atoms. The first kappa shape index (κ1) is 28.2. The van der Waals surface area contributed by atoms with Crippen LogP contribution in [-0.2, 0) is 11.3 Å². The number of amides is 2. The van der Waals surface area contributed by atoms with Gasteiger partial charge in [-0.15, -0.1) is 0 Å². The van der Waals surface area contributed by atoms with Crippen molar-refractivity contribution in [3.8, 4) is 11.4 Å². The predicted molar refractivity (Wildman–Crippen MR) is 164 cm³/mol. The third-order valence-corrected chi connectivity index (χ3v) is 7.57. The minimum Gasteiger partial charge on any atom is -0.445 e. The molecule has 2 amide bonds. The first-order valence-corrected chi connectivity index (χ1v) is 14.5. The Balaban J connectivity index is 1.09. The molecule has 4 aromatic rings. The third-order valence-electron chi connectivity index (χ3n) is 7.57. The molecule has 3 N–H and O–H groups in total. The highest BCUT2D eigenvalue weighted by atomic mass is 16.6. The number of aromatic nitrogens is 4. The lowest BCUT2D eigenvalue weighted by molar-refractivity contribution is 0.0940. The quantitative estimate of drug-likeness (QED) is 0.301. The van der Waals surface area contributed by atoms with Crippen molar-refractivity contribution in [2.24, 2.45) is 0 Å². The monoisotopic (exact) mass is 581 g/mol. The number of rotatable bonds is 7. The lowest BCUT2D eigenvalue weighted by Crippen LogP contribution is -2.49. The van der Waals surface area contributed by atoms with Gasteiger partial charge in [-0.3, -0.25) is 4.79 Å². The second kappa shape index (κ2) is 12.9. The fraction of sp³-hybridized carbons (Fsp3) is 0.323. The number of para-hydroxylation sites is 2. The van der Waals surface area contributed by atoms with Crippen LogP contribution in [0.2, 0.25) is 0 Å². The highest BCUT2D eigenvalue weighted by molar-refractivity contribution is 6.03. The van der Waals surface area contributed by atoms with E-state index in [4.69, 9.17) is 4.74 Å². The van der Waals surface area contributed by atoms with Crippen molar-refractivity contribution in [2.45, 2.75) is 13.5 Å². The normalized spacial score (nSPS) is 15.3. The van der Waals surface area contributed by atoms with Crippen LogP contribution in [0.3, 0.4) is 0 Å². The van der Waals surface area contributed by atoms with Crippen LogP contribution in [0.15, 0.2) is 66.9 Å². The van der Waals surface area contributed by atoms with Crippen molar-refractivity contribution >= 4 is 29.2 Å². The van der Waals surface area contributed by atoms with E-state index in [1.54, 1.807) is 11.1 Å². The van der Waals surface area contributed by atoms with E-state index in [0.717, 1.165) is 48.9 Å². The number of piperazine rings is 2. The van der Waals surface area contributed by atoms with Crippen LogP contribution in [0.25, 0.3) is 11.4 Å². The summed E-state index contributed by atoms with van der Waals surface area (Å²) in [5.41, 5.74) is 3.95. The molecule has 0 radical (unpaired) electrons. The van der Waals surface area contributed by atoms with Crippen molar-refractivity contribution in [3.05, 3.63) is 84.1 Å². The van der Waals surface area contributed by atoms with Crippen LogP contribution in [0, 0.1) is 6.92 Å². The second-order valence-electron chi connectivity index (χ2n) is 10.5. The van der Waals surface area contributed by atoms with Gasteiger partial charge in [0.25, 0.3) is 5.91 Å². The van der Waals surface area contributed by atoms with Gasteiger partial charge in [0.15, 0.2) is 5.82 Å². The van der Waals surface area contributed by atoms with Gasteiger partial charge in [0, 0.05) is 58.4 Å². The lowest BCUT2D eigenvalue weighted by Gasteiger charge is -2.34. The van der Waals surface area contributed by atoms with E-state index in [1.807, 2.05) is 67.6 Å². The minimum atomic E-state index is -0.324.